The maximum Gasteiger partial charge on any atom is 0.253 e. The highest BCUT2D eigenvalue weighted by atomic mass is 16.5. The first-order chi connectivity index (χ1) is 10.0. The molecule has 0 spiro atoms. The average molecular weight is 290 g/mol. The molecule has 0 bridgehead atoms. The number of benzene rings is 1. The number of amides is 1. The molecule has 0 radical (unpaired) electrons. The molecule has 0 fully saturated rings. The van der Waals surface area contributed by atoms with Crippen molar-refractivity contribution in [1.29, 1.82) is 0 Å². The van der Waals surface area contributed by atoms with Gasteiger partial charge in [0, 0.05) is 19.7 Å². The second kappa shape index (κ2) is 8.30. The Kier molecular flexibility index (Phi) is 6.73. The monoisotopic (exact) mass is 290 g/mol. The molecule has 2 N–H and O–H groups in total. The molecule has 0 aliphatic carbocycles. The van der Waals surface area contributed by atoms with Crippen molar-refractivity contribution < 1.29 is 14.3 Å². The van der Waals surface area contributed by atoms with E-state index in [1.807, 2.05) is 6.92 Å². The van der Waals surface area contributed by atoms with E-state index in [1.54, 1.807) is 44.4 Å². The van der Waals surface area contributed by atoms with Gasteiger partial charge in [-0.1, -0.05) is 11.8 Å². The molecule has 0 aliphatic rings. The van der Waals surface area contributed by atoms with E-state index in [9.17, 15) is 4.79 Å². The van der Waals surface area contributed by atoms with Gasteiger partial charge >= 0.3 is 0 Å². The van der Waals surface area contributed by atoms with Crippen molar-refractivity contribution in [3.63, 3.8) is 0 Å². The minimum atomic E-state index is -0.0852. The zero-order valence-corrected chi connectivity index (χ0v) is 13.0. The van der Waals surface area contributed by atoms with Crippen LogP contribution < -0.4 is 10.5 Å². The molecular formula is C16H22N2O3. The number of rotatable bonds is 5. The normalized spacial score (nSPS) is 11.3. The molecule has 1 aromatic carbocycles. The number of nitrogens with two attached hydrogens (primary N) is 1. The summed E-state index contributed by atoms with van der Waals surface area (Å²) in [6.45, 7) is 2.67. The molecule has 1 unspecified atom stereocenters. The van der Waals surface area contributed by atoms with Crippen molar-refractivity contribution >= 4 is 5.91 Å². The molecule has 1 aromatic rings. The molecule has 0 saturated carbocycles. The fourth-order valence-electron chi connectivity index (χ4n) is 1.84. The van der Waals surface area contributed by atoms with Gasteiger partial charge in [0.1, 0.15) is 5.75 Å². The van der Waals surface area contributed by atoms with Crippen LogP contribution in [0.2, 0.25) is 0 Å². The van der Waals surface area contributed by atoms with Crippen LogP contribution in [0.4, 0.5) is 0 Å². The van der Waals surface area contributed by atoms with Gasteiger partial charge in [-0.15, -0.1) is 0 Å². The lowest BCUT2D eigenvalue weighted by Crippen LogP contribution is -2.37. The van der Waals surface area contributed by atoms with E-state index in [0.717, 1.165) is 0 Å². The topological polar surface area (TPSA) is 64.8 Å². The van der Waals surface area contributed by atoms with E-state index in [4.69, 9.17) is 15.2 Å². The summed E-state index contributed by atoms with van der Waals surface area (Å²) in [6.07, 6.45) is 0. The minimum Gasteiger partial charge on any atom is -0.495 e. The largest absolute Gasteiger partial charge is 0.495 e. The zero-order chi connectivity index (χ0) is 15.8. The number of carbonyl (C=O) groups is 1. The Morgan fingerprint density at radius 2 is 2.14 bits per heavy atom. The van der Waals surface area contributed by atoms with E-state index in [-0.39, 0.29) is 18.5 Å². The Morgan fingerprint density at radius 1 is 1.43 bits per heavy atom. The predicted molar refractivity (Wildman–Crippen MR) is 82.4 cm³/mol. The number of carbonyl (C=O) groups excluding carboxylic acids is 1. The average Bonchev–Trinajstić information content (AvgIpc) is 2.51. The number of likely N-dealkylation sites (N-methyl/N-ethyl adjacent to an activating group) is 1. The molecule has 1 rings (SSSR count). The third-order valence-corrected chi connectivity index (χ3v) is 3.16. The van der Waals surface area contributed by atoms with Gasteiger partial charge in [-0.2, -0.15) is 0 Å². The first-order valence-electron chi connectivity index (χ1n) is 6.68. The molecular weight excluding hydrogens is 268 g/mol. The lowest BCUT2D eigenvalue weighted by molar-refractivity contribution is 0.0633. The fourth-order valence-corrected chi connectivity index (χ4v) is 1.84. The quantitative estimate of drug-likeness (QED) is 0.825. The van der Waals surface area contributed by atoms with Crippen LogP contribution in [-0.2, 0) is 4.74 Å². The van der Waals surface area contributed by atoms with Crippen LogP contribution in [-0.4, -0.2) is 51.3 Å². The van der Waals surface area contributed by atoms with Crippen LogP contribution in [0, 0.1) is 11.8 Å². The van der Waals surface area contributed by atoms with Gasteiger partial charge in [0.25, 0.3) is 5.91 Å². The van der Waals surface area contributed by atoms with Crippen molar-refractivity contribution in [3.8, 4) is 17.6 Å². The molecule has 5 nitrogen and oxygen atoms in total. The van der Waals surface area contributed by atoms with Gasteiger partial charge in [0.2, 0.25) is 0 Å². The second-order valence-electron chi connectivity index (χ2n) is 4.64. The van der Waals surface area contributed by atoms with Gasteiger partial charge < -0.3 is 20.1 Å². The van der Waals surface area contributed by atoms with Crippen molar-refractivity contribution in [2.75, 3.05) is 34.4 Å². The lowest BCUT2D eigenvalue weighted by Gasteiger charge is -2.24. The molecule has 0 aliphatic heterocycles. The Balaban J connectivity index is 3.05. The molecule has 0 saturated heterocycles. The molecule has 114 valence electrons. The fraction of sp³-hybridized carbons (Fsp3) is 0.438. The summed E-state index contributed by atoms with van der Waals surface area (Å²) in [5.74, 6) is 6.23. The van der Waals surface area contributed by atoms with Crippen molar-refractivity contribution in [1.82, 2.24) is 4.90 Å². The van der Waals surface area contributed by atoms with Crippen molar-refractivity contribution in [2.45, 2.75) is 13.0 Å². The van der Waals surface area contributed by atoms with E-state index in [1.165, 1.54) is 0 Å². The smallest absolute Gasteiger partial charge is 0.253 e. The number of hydrogen-bond donors (Lipinski definition) is 1. The van der Waals surface area contributed by atoms with Crippen molar-refractivity contribution in [3.05, 3.63) is 29.3 Å². The maximum absolute atomic E-state index is 12.4. The summed E-state index contributed by atoms with van der Waals surface area (Å²) >= 11 is 0. The molecule has 1 amide bonds. The lowest BCUT2D eigenvalue weighted by atomic mass is 10.1. The molecule has 5 heteroatoms. The van der Waals surface area contributed by atoms with Gasteiger partial charge in [-0.25, -0.2) is 0 Å². The summed E-state index contributed by atoms with van der Waals surface area (Å²) < 4.78 is 10.3. The van der Waals surface area contributed by atoms with Crippen LogP contribution in [0.5, 0.6) is 5.75 Å². The summed E-state index contributed by atoms with van der Waals surface area (Å²) in [7, 11) is 4.93. The third kappa shape index (κ3) is 4.48. The zero-order valence-electron chi connectivity index (χ0n) is 13.0. The van der Waals surface area contributed by atoms with Crippen LogP contribution in [0.3, 0.4) is 0 Å². The molecule has 0 heterocycles. The number of methoxy groups -OCH3 is 2. The maximum atomic E-state index is 12.4. The molecule has 21 heavy (non-hydrogen) atoms. The summed E-state index contributed by atoms with van der Waals surface area (Å²) in [6, 6.07) is 5.18. The first-order valence-corrected chi connectivity index (χ1v) is 6.68. The van der Waals surface area contributed by atoms with E-state index >= 15 is 0 Å². The highest BCUT2D eigenvalue weighted by molar-refractivity contribution is 5.95. The van der Waals surface area contributed by atoms with E-state index in [2.05, 4.69) is 11.8 Å². The minimum absolute atomic E-state index is 0.0109. The number of nitrogens with zero attached hydrogens (tertiary/aromatic N) is 1. The van der Waals surface area contributed by atoms with Gasteiger partial charge in [-0.3, -0.25) is 4.79 Å². The predicted octanol–water partition coefficient (Wildman–Crippen LogP) is 1.11. The van der Waals surface area contributed by atoms with E-state index < -0.39 is 0 Å². The Labute approximate surface area is 126 Å². The summed E-state index contributed by atoms with van der Waals surface area (Å²) in [4.78, 5) is 14.1. The number of hydrogen-bond acceptors (Lipinski definition) is 4. The molecule has 0 aromatic heterocycles. The van der Waals surface area contributed by atoms with Crippen LogP contribution in [0.25, 0.3) is 0 Å². The van der Waals surface area contributed by atoms with Gasteiger partial charge in [0.15, 0.2) is 0 Å². The Morgan fingerprint density at radius 3 is 2.71 bits per heavy atom. The van der Waals surface area contributed by atoms with Crippen LogP contribution in [0.1, 0.15) is 22.8 Å². The van der Waals surface area contributed by atoms with E-state index in [0.29, 0.717) is 23.5 Å². The highest BCUT2D eigenvalue weighted by Gasteiger charge is 2.18. The van der Waals surface area contributed by atoms with Crippen LogP contribution in [0.15, 0.2) is 18.2 Å². The Hall–Kier alpha value is -2.03. The van der Waals surface area contributed by atoms with Crippen LogP contribution >= 0.6 is 0 Å². The number of ether oxygens (including phenoxy) is 2. The standard InChI is InChI=1S/C16H22N2O3/c1-12(11-20-3)18(2)16(19)14-7-8-15(21-4)13(10-14)6-5-9-17/h7-8,10,12H,9,11,17H2,1-4H3. The Bertz CT molecular complexity index is 546. The SMILES string of the molecule is COCC(C)N(C)C(=O)c1ccc(OC)c(C#CCN)c1. The molecule has 1 atom stereocenters. The van der Waals surface area contributed by atoms with Gasteiger partial charge in [0.05, 0.1) is 31.9 Å². The highest BCUT2D eigenvalue weighted by Crippen LogP contribution is 2.20. The first kappa shape index (κ1) is 17.0. The second-order valence-corrected chi connectivity index (χ2v) is 4.64. The third-order valence-electron chi connectivity index (χ3n) is 3.16. The van der Waals surface area contributed by atoms with Crippen molar-refractivity contribution in [2.24, 2.45) is 5.73 Å². The van der Waals surface area contributed by atoms with Gasteiger partial charge in [-0.05, 0) is 25.1 Å². The summed E-state index contributed by atoms with van der Waals surface area (Å²) in [5, 5.41) is 0. The summed E-state index contributed by atoms with van der Waals surface area (Å²) in [5.41, 5.74) is 6.60.